The van der Waals surface area contributed by atoms with Gasteiger partial charge in [0.15, 0.2) is 0 Å². The Morgan fingerprint density at radius 1 is 0.773 bits per heavy atom. The van der Waals surface area contributed by atoms with Gasteiger partial charge in [-0.15, -0.1) is 0 Å². The van der Waals surface area contributed by atoms with Gasteiger partial charge in [-0.3, -0.25) is 0 Å². The van der Waals surface area contributed by atoms with E-state index < -0.39 is 11.1 Å². The zero-order chi connectivity index (χ0) is 17.3. The van der Waals surface area contributed by atoms with E-state index in [0.29, 0.717) is 9.72 Å². The van der Waals surface area contributed by atoms with E-state index in [0.717, 1.165) is 0 Å². The quantitative estimate of drug-likeness (QED) is 0.374. The molecule has 1 aromatic carbocycles. The van der Waals surface area contributed by atoms with Crippen molar-refractivity contribution >= 4 is 22.7 Å². The number of nitrogen functional groups attached to an aromatic ring is 2. The van der Waals surface area contributed by atoms with Crippen molar-refractivity contribution in [2.24, 2.45) is 10.2 Å². The molecular weight excluding hydrogens is 284 g/mol. The predicted octanol–water partition coefficient (Wildman–Crippen LogP) is 3.64. The monoisotopic (exact) mass is 308 g/mol. The van der Waals surface area contributed by atoms with E-state index >= 15 is 0 Å². The second-order valence-electron chi connectivity index (χ2n) is 7.06. The molecule has 4 N–H and O–H groups in total. The van der Waals surface area contributed by atoms with Crippen LogP contribution in [-0.4, -0.2) is 20.8 Å². The van der Waals surface area contributed by atoms with E-state index in [-0.39, 0.29) is 22.7 Å². The fourth-order valence-electron chi connectivity index (χ4n) is 1.60. The number of benzene rings is 1. The van der Waals surface area contributed by atoms with Crippen LogP contribution in [-0.2, 0) is 0 Å². The molecule has 22 heavy (non-hydrogen) atoms. The number of rotatable bonds is 2. The first kappa shape index (κ1) is 17.7. The molecule has 0 amide bonds. The van der Waals surface area contributed by atoms with Crippen LogP contribution in [0.2, 0.25) is 0 Å². The van der Waals surface area contributed by atoms with E-state index in [1.165, 1.54) is 12.1 Å². The van der Waals surface area contributed by atoms with Crippen LogP contribution < -0.4 is 11.5 Å². The molecule has 0 aromatic heterocycles. The molecule has 0 radical (unpaired) electrons. The summed E-state index contributed by atoms with van der Waals surface area (Å²) in [6, 6.07) is 2.66. The second-order valence-corrected chi connectivity index (χ2v) is 7.06. The van der Waals surface area contributed by atoms with Crippen LogP contribution in [0.25, 0.3) is 0 Å². The van der Waals surface area contributed by atoms with Gasteiger partial charge in [-0.25, -0.2) is 0 Å². The fraction of sp³-hybridized carbons (Fsp3) is 0.571. The number of nitrogens with two attached hydrogens (primary N) is 2. The van der Waals surface area contributed by atoms with Crippen LogP contribution in [0.1, 0.15) is 41.5 Å². The van der Waals surface area contributed by atoms with Crippen molar-refractivity contribution in [1.82, 2.24) is 0 Å². The zero-order valence-electron chi connectivity index (χ0n) is 13.9. The van der Waals surface area contributed by atoms with Crippen LogP contribution in [0.15, 0.2) is 22.4 Å². The van der Waals surface area contributed by atoms with Gasteiger partial charge >= 0.3 is 0 Å². The summed E-state index contributed by atoms with van der Waals surface area (Å²) in [5, 5.41) is 32.2. The van der Waals surface area contributed by atoms with Crippen LogP contribution >= 0.6 is 0 Å². The Kier molecular flexibility index (Phi) is 4.64. The maximum atomic E-state index is 12.1. The fourth-order valence-corrected chi connectivity index (χ4v) is 1.60. The lowest BCUT2D eigenvalue weighted by Gasteiger charge is -2.13. The van der Waals surface area contributed by atoms with Gasteiger partial charge in [0.25, 0.3) is 11.4 Å². The van der Waals surface area contributed by atoms with Crippen LogP contribution in [0, 0.1) is 10.4 Å². The van der Waals surface area contributed by atoms with E-state index in [1.807, 2.05) is 0 Å². The number of nitrogens with zero attached hydrogens (tertiary/aromatic N) is 4. The third-order valence-corrected chi connectivity index (χ3v) is 2.37. The van der Waals surface area contributed by atoms with Gasteiger partial charge in [0.05, 0.1) is 6.07 Å². The van der Waals surface area contributed by atoms with Crippen molar-refractivity contribution in [1.29, 1.82) is 0 Å². The molecule has 0 aliphatic carbocycles. The molecule has 0 saturated heterocycles. The number of anilines is 2. The lowest BCUT2D eigenvalue weighted by Crippen LogP contribution is -2.15. The van der Waals surface area contributed by atoms with Crippen molar-refractivity contribution in [3.63, 3.8) is 0 Å². The summed E-state index contributed by atoms with van der Waals surface area (Å²) >= 11 is 0. The van der Waals surface area contributed by atoms with Crippen LogP contribution in [0.3, 0.4) is 0 Å². The van der Waals surface area contributed by atoms with Crippen molar-refractivity contribution < 1.29 is 9.72 Å². The van der Waals surface area contributed by atoms with E-state index in [4.69, 9.17) is 11.5 Å². The average Bonchev–Trinajstić information content (AvgIpc) is 2.23. The summed E-state index contributed by atoms with van der Waals surface area (Å²) in [6.07, 6.45) is 0. The Morgan fingerprint density at radius 3 is 1.36 bits per heavy atom. The molecule has 1 rings (SSSR count). The minimum atomic E-state index is -0.581. The summed E-state index contributed by atoms with van der Waals surface area (Å²) in [7, 11) is 0. The van der Waals surface area contributed by atoms with Gasteiger partial charge in [0.2, 0.25) is 0 Å². The highest BCUT2D eigenvalue weighted by atomic mass is 16.5. The third kappa shape index (κ3) is 4.87. The Bertz CT molecular complexity index is 572. The zero-order valence-corrected chi connectivity index (χ0v) is 13.9. The first-order valence-electron chi connectivity index (χ1n) is 6.89. The topological polar surface area (TPSA) is 129 Å². The lowest BCUT2D eigenvalue weighted by molar-refractivity contribution is -0.457. The molecule has 0 heterocycles. The van der Waals surface area contributed by atoms with Crippen molar-refractivity contribution in [3.05, 3.63) is 22.5 Å². The highest BCUT2D eigenvalue weighted by Crippen LogP contribution is 2.34. The van der Waals surface area contributed by atoms with E-state index in [9.17, 15) is 10.4 Å². The standard InChI is InChI=1S/C14H24N6O2/c1-13(2,3)17-19(21)11-8-12(10(16)7-9(11)15)20(22)18-14(4,5)6/h7-8H,15-16H2,1-6H3. The summed E-state index contributed by atoms with van der Waals surface area (Å²) in [5.41, 5.74) is 10.9. The molecule has 0 fully saturated rings. The normalized spacial score (nSPS) is 14.3. The van der Waals surface area contributed by atoms with Crippen molar-refractivity contribution in [3.8, 4) is 0 Å². The van der Waals surface area contributed by atoms with Gasteiger partial charge in [0.1, 0.15) is 22.5 Å². The van der Waals surface area contributed by atoms with Crippen LogP contribution in [0.4, 0.5) is 22.7 Å². The predicted molar refractivity (Wildman–Crippen MR) is 86.2 cm³/mol. The van der Waals surface area contributed by atoms with Crippen LogP contribution in [0.5, 0.6) is 0 Å². The molecule has 0 unspecified atom stereocenters. The minimum Gasteiger partial charge on any atom is -0.594 e. The van der Waals surface area contributed by atoms with Gasteiger partial charge < -0.3 is 21.9 Å². The first-order chi connectivity index (χ1) is 9.80. The molecule has 1 aromatic rings. The highest BCUT2D eigenvalue weighted by Gasteiger charge is 2.23. The van der Waals surface area contributed by atoms with Crippen molar-refractivity contribution in [2.45, 2.75) is 52.6 Å². The number of hydrogen-bond acceptors (Lipinski definition) is 6. The second kappa shape index (κ2) is 5.78. The average molecular weight is 308 g/mol. The van der Waals surface area contributed by atoms with Gasteiger partial charge in [-0.2, -0.15) is 0 Å². The third-order valence-electron chi connectivity index (χ3n) is 2.37. The maximum Gasteiger partial charge on any atom is 0.274 e. The van der Waals surface area contributed by atoms with Gasteiger partial charge in [-0.1, -0.05) is 9.72 Å². The number of azo groups is 2. The number of hydrogen-bond donors (Lipinski definition) is 2. The Hall–Kier alpha value is -2.38. The summed E-state index contributed by atoms with van der Waals surface area (Å²) < 4.78 is 0. The van der Waals surface area contributed by atoms with E-state index in [2.05, 4.69) is 10.2 Å². The summed E-state index contributed by atoms with van der Waals surface area (Å²) in [5.74, 6) is 0. The molecular formula is C14H24N6O2. The Balaban J connectivity index is 3.44. The molecule has 8 heteroatoms. The molecule has 0 spiro atoms. The molecule has 0 saturated carbocycles. The maximum absolute atomic E-state index is 12.1. The largest absolute Gasteiger partial charge is 0.594 e. The molecule has 0 atom stereocenters. The SMILES string of the molecule is CC(C)(C)N=[N+]([O-])c1cc([N+]([O-])=NC(C)(C)C)c(N)cc1N. The molecule has 0 aliphatic heterocycles. The molecule has 0 bridgehead atoms. The highest BCUT2D eigenvalue weighted by molar-refractivity contribution is 5.73. The summed E-state index contributed by atoms with van der Waals surface area (Å²) in [6.45, 7) is 10.7. The smallest absolute Gasteiger partial charge is 0.274 e. The van der Waals surface area contributed by atoms with Gasteiger partial charge in [-0.05, 0) is 57.8 Å². The van der Waals surface area contributed by atoms with E-state index in [1.54, 1.807) is 41.5 Å². The molecule has 122 valence electrons. The molecule has 8 nitrogen and oxygen atoms in total. The first-order valence-corrected chi connectivity index (χ1v) is 6.89. The summed E-state index contributed by atoms with van der Waals surface area (Å²) in [4.78, 5) is 0.812. The lowest BCUT2D eigenvalue weighted by atomic mass is 10.1. The molecule has 0 aliphatic rings. The van der Waals surface area contributed by atoms with Gasteiger partial charge in [0, 0.05) is 0 Å². The van der Waals surface area contributed by atoms with Crippen molar-refractivity contribution in [2.75, 3.05) is 11.5 Å². The minimum absolute atomic E-state index is 0.0593. The Morgan fingerprint density at radius 2 is 1.09 bits per heavy atom. The Labute approximate surface area is 130 Å².